The second-order valence-corrected chi connectivity index (χ2v) is 5.33. The minimum Gasteiger partial charge on any atom is -0.329 e. The molecule has 4 nitrogen and oxygen atoms in total. The average Bonchev–Trinajstić information content (AvgIpc) is 2.32. The summed E-state index contributed by atoms with van der Waals surface area (Å²) in [5.74, 6) is 0. The van der Waals surface area contributed by atoms with Crippen molar-refractivity contribution in [3.63, 3.8) is 0 Å². The standard InChI is InChI=1S/C13H30N4/c1-4-13(12-14)17-10-8-16(9-11-17)7-5-6-15(2)3/h13H,4-12,14H2,1-3H3. The Balaban J connectivity index is 2.17. The van der Waals surface area contributed by atoms with E-state index >= 15 is 0 Å². The van der Waals surface area contributed by atoms with Crippen LogP contribution in [0.25, 0.3) is 0 Å². The third kappa shape index (κ3) is 5.34. The van der Waals surface area contributed by atoms with Crippen molar-refractivity contribution in [2.75, 3.05) is 59.9 Å². The Kier molecular flexibility index (Phi) is 7.04. The Morgan fingerprint density at radius 1 is 1.18 bits per heavy atom. The molecule has 0 aliphatic carbocycles. The van der Waals surface area contributed by atoms with Gasteiger partial charge in [-0.3, -0.25) is 4.90 Å². The van der Waals surface area contributed by atoms with Gasteiger partial charge in [-0.25, -0.2) is 0 Å². The maximum atomic E-state index is 5.80. The first-order chi connectivity index (χ1) is 8.17. The van der Waals surface area contributed by atoms with Crippen LogP contribution < -0.4 is 5.73 Å². The largest absolute Gasteiger partial charge is 0.329 e. The molecule has 2 N–H and O–H groups in total. The zero-order valence-corrected chi connectivity index (χ0v) is 11.9. The van der Waals surface area contributed by atoms with Crippen molar-refractivity contribution in [3.05, 3.63) is 0 Å². The van der Waals surface area contributed by atoms with Gasteiger partial charge in [0.15, 0.2) is 0 Å². The van der Waals surface area contributed by atoms with Crippen LogP contribution in [0.4, 0.5) is 0 Å². The van der Waals surface area contributed by atoms with E-state index in [1.165, 1.54) is 52.1 Å². The van der Waals surface area contributed by atoms with Crippen molar-refractivity contribution < 1.29 is 0 Å². The van der Waals surface area contributed by atoms with Gasteiger partial charge >= 0.3 is 0 Å². The SMILES string of the molecule is CCC(CN)N1CCN(CCCN(C)C)CC1. The van der Waals surface area contributed by atoms with Crippen LogP contribution in [0.2, 0.25) is 0 Å². The molecule has 1 fully saturated rings. The Morgan fingerprint density at radius 2 is 1.82 bits per heavy atom. The molecule has 0 aromatic heterocycles. The van der Waals surface area contributed by atoms with Gasteiger partial charge in [-0.05, 0) is 40.0 Å². The van der Waals surface area contributed by atoms with Crippen LogP contribution in [0.15, 0.2) is 0 Å². The molecule has 0 amide bonds. The molecule has 0 radical (unpaired) electrons. The van der Waals surface area contributed by atoms with Gasteiger partial charge in [0.25, 0.3) is 0 Å². The first-order valence-electron chi connectivity index (χ1n) is 6.98. The highest BCUT2D eigenvalue weighted by Gasteiger charge is 2.21. The molecule has 0 aromatic rings. The molecule has 1 atom stereocenters. The quantitative estimate of drug-likeness (QED) is 0.696. The van der Waals surface area contributed by atoms with E-state index in [0.29, 0.717) is 6.04 Å². The highest BCUT2D eigenvalue weighted by Crippen LogP contribution is 2.08. The molecule has 0 bridgehead atoms. The molecule has 1 heterocycles. The molecule has 0 aromatic carbocycles. The molecule has 102 valence electrons. The van der Waals surface area contributed by atoms with Crippen LogP contribution in [0.3, 0.4) is 0 Å². The highest BCUT2D eigenvalue weighted by atomic mass is 15.3. The Labute approximate surface area is 107 Å². The second kappa shape index (κ2) is 8.03. The van der Waals surface area contributed by atoms with Crippen LogP contribution >= 0.6 is 0 Å². The fourth-order valence-corrected chi connectivity index (χ4v) is 2.54. The molecule has 0 spiro atoms. The van der Waals surface area contributed by atoms with Crippen molar-refractivity contribution in [1.29, 1.82) is 0 Å². The second-order valence-electron chi connectivity index (χ2n) is 5.33. The monoisotopic (exact) mass is 242 g/mol. The van der Waals surface area contributed by atoms with Gasteiger partial charge in [0.1, 0.15) is 0 Å². The third-order valence-corrected chi connectivity index (χ3v) is 3.75. The van der Waals surface area contributed by atoms with E-state index in [9.17, 15) is 0 Å². The normalized spacial score (nSPS) is 21.0. The lowest BCUT2D eigenvalue weighted by Gasteiger charge is -2.38. The fraction of sp³-hybridized carbons (Fsp3) is 1.00. The predicted octanol–water partition coefficient (Wildman–Crippen LogP) is 0.293. The summed E-state index contributed by atoms with van der Waals surface area (Å²) >= 11 is 0. The van der Waals surface area contributed by atoms with Gasteiger partial charge in [0, 0.05) is 38.8 Å². The van der Waals surface area contributed by atoms with E-state index in [1.807, 2.05) is 0 Å². The molecular weight excluding hydrogens is 212 g/mol. The minimum atomic E-state index is 0.596. The molecule has 1 unspecified atom stereocenters. The smallest absolute Gasteiger partial charge is 0.0216 e. The molecule has 17 heavy (non-hydrogen) atoms. The first-order valence-corrected chi connectivity index (χ1v) is 6.98. The van der Waals surface area contributed by atoms with Crippen LogP contribution in [0.1, 0.15) is 19.8 Å². The average molecular weight is 242 g/mol. The summed E-state index contributed by atoms with van der Waals surface area (Å²) in [7, 11) is 4.29. The van der Waals surface area contributed by atoms with E-state index < -0.39 is 0 Å². The van der Waals surface area contributed by atoms with Gasteiger partial charge in [-0.2, -0.15) is 0 Å². The maximum Gasteiger partial charge on any atom is 0.0216 e. The summed E-state index contributed by atoms with van der Waals surface area (Å²) in [6.45, 7) is 10.3. The number of rotatable bonds is 7. The molecule has 4 heteroatoms. The molecule has 1 aliphatic rings. The van der Waals surface area contributed by atoms with Crippen molar-refractivity contribution in [1.82, 2.24) is 14.7 Å². The summed E-state index contributed by atoms with van der Waals surface area (Å²) in [5, 5.41) is 0. The van der Waals surface area contributed by atoms with E-state index in [-0.39, 0.29) is 0 Å². The zero-order chi connectivity index (χ0) is 12.7. The van der Waals surface area contributed by atoms with Crippen LogP contribution in [-0.4, -0.2) is 80.7 Å². The van der Waals surface area contributed by atoms with E-state index in [0.717, 1.165) is 6.54 Å². The summed E-state index contributed by atoms with van der Waals surface area (Å²) in [6, 6.07) is 0.596. The summed E-state index contributed by atoms with van der Waals surface area (Å²) in [6.07, 6.45) is 2.46. The summed E-state index contributed by atoms with van der Waals surface area (Å²) in [4.78, 5) is 7.41. The third-order valence-electron chi connectivity index (χ3n) is 3.75. The van der Waals surface area contributed by atoms with Gasteiger partial charge in [-0.15, -0.1) is 0 Å². The first kappa shape index (κ1) is 14.9. The van der Waals surface area contributed by atoms with Crippen molar-refractivity contribution in [3.8, 4) is 0 Å². The summed E-state index contributed by atoms with van der Waals surface area (Å²) in [5.41, 5.74) is 5.80. The number of hydrogen-bond donors (Lipinski definition) is 1. The van der Waals surface area contributed by atoms with Crippen LogP contribution in [0, 0.1) is 0 Å². The van der Waals surface area contributed by atoms with Gasteiger partial charge in [0.05, 0.1) is 0 Å². The van der Waals surface area contributed by atoms with Crippen LogP contribution in [0.5, 0.6) is 0 Å². The molecule has 0 saturated carbocycles. The lowest BCUT2D eigenvalue weighted by Crippen LogP contribution is -2.52. The van der Waals surface area contributed by atoms with E-state index in [4.69, 9.17) is 5.73 Å². The molecule has 1 aliphatic heterocycles. The van der Waals surface area contributed by atoms with E-state index in [1.54, 1.807) is 0 Å². The molecular formula is C13H30N4. The Hall–Kier alpha value is -0.160. The molecule has 1 rings (SSSR count). The van der Waals surface area contributed by atoms with Crippen LogP contribution in [-0.2, 0) is 0 Å². The van der Waals surface area contributed by atoms with E-state index in [2.05, 4.69) is 35.7 Å². The number of nitrogens with two attached hydrogens (primary N) is 1. The van der Waals surface area contributed by atoms with Gasteiger partial charge < -0.3 is 15.5 Å². The van der Waals surface area contributed by atoms with Gasteiger partial charge in [-0.1, -0.05) is 6.92 Å². The number of hydrogen-bond acceptors (Lipinski definition) is 4. The Morgan fingerprint density at radius 3 is 2.29 bits per heavy atom. The maximum absolute atomic E-state index is 5.80. The van der Waals surface area contributed by atoms with Crippen molar-refractivity contribution in [2.45, 2.75) is 25.8 Å². The minimum absolute atomic E-state index is 0.596. The zero-order valence-electron chi connectivity index (χ0n) is 11.9. The number of piperazine rings is 1. The lowest BCUT2D eigenvalue weighted by atomic mass is 10.1. The van der Waals surface area contributed by atoms with Crippen molar-refractivity contribution >= 4 is 0 Å². The fourth-order valence-electron chi connectivity index (χ4n) is 2.54. The predicted molar refractivity (Wildman–Crippen MR) is 74.3 cm³/mol. The Bertz CT molecular complexity index is 184. The topological polar surface area (TPSA) is 35.7 Å². The lowest BCUT2D eigenvalue weighted by molar-refractivity contribution is 0.0947. The molecule has 1 saturated heterocycles. The van der Waals surface area contributed by atoms with Gasteiger partial charge in [0.2, 0.25) is 0 Å². The highest BCUT2D eigenvalue weighted by molar-refractivity contribution is 4.78. The number of nitrogens with zero attached hydrogens (tertiary/aromatic N) is 3. The van der Waals surface area contributed by atoms with Crippen molar-refractivity contribution in [2.24, 2.45) is 5.73 Å². The summed E-state index contributed by atoms with van der Waals surface area (Å²) < 4.78 is 0.